The van der Waals surface area contributed by atoms with Crippen molar-refractivity contribution in [2.24, 2.45) is 5.92 Å². The van der Waals surface area contributed by atoms with Crippen molar-refractivity contribution in [1.82, 2.24) is 4.90 Å². The number of likely N-dealkylation sites (tertiary alicyclic amines) is 1. The number of benzene rings is 1. The van der Waals surface area contributed by atoms with E-state index in [-0.39, 0.29) is 17.8 Å². The van der Waals surface area contributed by atoms with Crippen molar-refractivity contribution in [2.45, 2.75) is 24.3 Å². The second-order valence-electron chi connectivity index (χ2n) is 5.06. The van der Waals surface area contributed by atoms with E-state index in [0.717, 1.165) is 6.42 Å². The number of carbonyl (C=O) groups excluding carboxylic acids is 1. The van der Waals surface area contributed by atoms with Crippen molar-refractivity contribution in [2.75, 3.05) is 24.7 Å². The van der Waals surface area contributed by atoms with Gasteiger partial charge in [0.2, 0.25) is 0 Å². The minimum absolute atomic E-state index is 0.206. The second kappa shape index (κ2) is 6.45. The van der Waals surface area contributed by atoms with Crippen LogP contribution < -0.4 is 5.32 Å². The van der Waals surface area contributed by atoms with Gasteiger partial charge in [-0.15, -0.1) is 11.8 Å². The van der Waals surface area contributed by atoms with E-state index in [4.69, 9.17) is 0 Å². The summed E-state index contributed by atoms with van der Waals surface area (Å²) in [4.78, 5) is 14.2. The molecule has 1 heterocycles. The highest BCUT2D eigenvalue weighted by atomic mass is 32.2. The molecule has 20 heavy (non-hydrogen) atoms. The van der Waals surface area contributed by atoms with Crippen LogP contribution in [0.5, 0.6) is 0 Å². The fourth-order valence-electron chi connectivity index (χ4n) is 2.18. The number of amides is 2. The highest BCUT2D eigenvalue weighted by molar-refractivity contribution is 7.98. The van der Waals surface area contributed by atoms with Crippen LogP contribution in [0.1, 0.15) is 13.3 Å². The van der Waals surface area contributed by atoms with Gasteiger partial charge in [0.25, 0.3) is 0 Å². The molecule has 0 spiro atoms. The number of nitrogens with zero attached hydrogens (tertiary/aromatic N) is 1. The molecule has 2 amide bonds. The number of aliphatic hydroxyl groups excluding tert-OH is 1. The Morgan fingerprint density at radius 3 is 2.90 bits per heavy atom. The number of hydrogen-bond donors (Lipinski definition) is 2. The first-order valence-electron chi connectivity index (χ1n) is 6.58. The largest absolute Gasteiger partial charge is 0.391 e. The standard InChI is InChI=1S/C14H19FN2O2S/c1-9-5-6-17(8-12(9)18)14(19)16-10-3-4-13(20-2)11(15)7-10/h3-4,7,9,12,18H,5-6,8H2,1-2H3,(H,16,19). The van der Waals surface area contributed by atoms with E-state index in [0.29, 0.717) is 23.7 Å². The lowest BCUT2D eigenvalue weighted by Gasteiger charge is -2.34. The van der Waals surface area contributed by atoms with Crippen LogP contribution in [0.25, 0.3) is 0 Å². The second-order valence-corrected chi connectivity index (χ2v) is 5.91. The molecular formula is C14H19FN2O2S. The Kier molecular flexibility index (Phi) is 4.88. The van der Waals surface area contributed by atoms with E-state index in [2.05, 4.69) is 5.32 Å². The smallest absolute Gasteiger partial charge is 0.321 e. The topological polar surface area (TPSA) is 52.6 Å². The van der Waals surface area contributed by atoms with Crippen molar-refractivity contribution >= 4 is 23.5 Å². The number of nitrogens with one attached hydrogen (secondary N) is 1. The minimum Gasteiger partial charge on any atom is -0.391 e. The minimum atomic E-state index is -0.495. The maximum absolute atomic E-state index is 13.6. The van der Waals surface area contributed by atoms with Gasteiger partial charge < -0.3 is 15.3 Å². The van der Waals surface area contributed by atoms with Gasteiger partial charge in [-0.1, -0.05) is 6.92 Å². The van der Waals surface area contributed by atoms with Crippen LogP contribution in [-0.2, 0) is 0 Å². The highest BCUT2D eigenvalue weighted by Crippen LogP contribution is 2.23. The molecule has 2 rings (SSSR count). The summed E-state index contributed by atoms with van der Waals surface area (Å²) in [5.41, 5.74) is 0.429. The third-order valence-electron chi connectivity index (χ3n) is 3.61. The molecule has 1 aromatic rings. The molecule has 1 aromatic carbocycles. The van der Waals surface area contributed by atoms with E-state index in [1.54, 1.807) is 23.3 Å². The van der Waals surface area contributed by atoms with Gasteiger partial charge in [0, 0.05) is 23.7 Å². The predicted octanol–water partition coefficient (Wildman–Crippen LogP) is 2.78. The molecule has 0 bridgehead atoms. The number of thioether (sulfide) groups is 1. The molecule has 1 fully saturated rings. The van der Waals surface area contributed by atoms with Gasteiger partial charge in [0.05, 0.1) is 6.10 Å². The van der Waals surface area contributed by atoms with Crippen LogP contribution in [0, 0.1) is 11.7 Å². The zero-order chi connectivity index (χ0) is 14.7. The molecule has 2 N–H and O–H groups in total. The molecule has 2 unspecified atom stereocenters. The molecule has 1 aliphatic rings. The zero-order valence-corrected chi connectivity index (χ0v) is 12.4. The van der Waals surface area contributed by atoms with Crippen LogP contribution in [0.15, 0.2) is 23.1 Å². The molecule has 4 nitrogen and oxygen atoms in total. The fraction of sp³-hybridized carbons (Fsp3) is 0.500. The van der Waals surface area contributed by atoms with Crippen molar-refractivity contribution in [3.05, 3.63) is 24.0 Å². The molecule has 0 aromatic heterocycles. The Bertz CT molecular complexity index is 498. The first kappa shape index (κ1) is 15.1. The summed E-state index contributed by atoms with van der Waals surface area (Å²) in [5.74, 6) is -0.139. The number of anilines is 1. The number of hydrogen-bond acceptors (Lipinski definition) is 3. The average molecular weight is 298 g/mol. The first-order chi connectivity index (χ1) is 9.51. The molecule has 0 radical (unpaired) electrons. The molecule has 0 saturated carbocycles. The third-order valence-corrected chi connectivity index (χ3v) is 4.38. The Labute approximate surface area is 122 Å². The lowest BCUT2D eigenvalue weighted by atomic mass is 9.96. The number of β-amino-alcohol motifs (C(OH)–C–C–N with tert-alkyl or cyclic N) is 1. The third kappa shape index (κ3) is 3.43. The van der Waals surface area contributed by atoms with E-state index in [1.165, 1.54) is 17.8 Å². The van der Waals surface area contributed by atoms with Gasteiger partial charge in [-0.05, 0) is 36.8 Å². The van der Waals surface area contributed by atoms with Crippen LogP contribution in [-0.4, -0.2) is 41.5 Å². The highest BCUT2D eigenvalue weighted by Gasteiger charge is 2.27. The van der Waals surface area contributed by atoms with Crippen molar-refractivity contribution in [1.29, 1.82) is 0 Å². The summed E-state index contributed by atoms with van der Waals surface area (Å²) in [7, 11) is 0. The van der Waals surface area contributed by atoms with Gasteiger partial charge in [0.15, 0.2) is 0 Å². The van der Waals surface area contributed by atoms with Crippen molar-refractivity contribution in [3.8, 4) is 0 Å². The Morgan fingerprint density at radius 2 is 2.30 bits per heavy atom. The van der Waals surface area contributed by atoms with E-state index < -0.39 is 6.10 Å². The Balaban J connectivity index is 1.99. The molecular weight excluding hydrogens is 279 g/mol. The van der Waals surface area contributed by atoms with Gasteiger partial charge in [0.1, 0.15) is 5.82 Å². The van der Waals surface area contributed by atoms with Crippen molar-refractivity contribution in [3.63, 3.8) is 0 Å². The van der Waals surface area contributed by atoms with E-state index in [1.807, 2.05) is 6.92 Å². The summed E-state index contributed by atoms with van der Waals surface area (Å²) in [5, 5.41) is 12.5. The van der Waals surface area contributed by atoms with E-state index in [9.17, 15) is 14.3 Å². The molecule has 6 heteroatoms. The Hall–Kier alpha value is -1.27. The number of carbonyl (C=O) groups is 1. The summed E-state index contributed by atoms with van der Waals surface area (Å²) < 4.78 is 13.6. The van der Waals surface area contributed by atoms with Crippen LogP contribution in [0.2, 0.25) is 0 Å². The average Bonchev–Trinajstić information content (AvgIpc) is 2.42. The first-order valence-corrected chi connectivity index (χ1v) is 7.81. The molecule has 1 saturated heterocycles. The number of aliphatic hydroxyl groups is 1. The van der Waals surface area contributed by atoms with Crippen LogP contribution in [0.3, 0.4) is 0 Å². The predicted molar refractivity (Wildman–Crippen MR) is 78.6 cm³/mol. The van der Waals surface area contributed by atoms with E-state index >= 15 is 0 Å². The normalized spacial score (nSPS) is 22.7. The zero-order valence-electron chi connectivity index (χ0n) is 11.6. The molecule has 110 valence electrons. The molecule has 1 aliphatic heterocycles. The van der Waals surface area contributed by atoms with Gasteiger partial charge in [-0.3, -0.25) is 0 Å². The van der Waals surface area contributed by atoms with Crippen molar-refractivity contribution < 1.29 is 14.3 Å². The maximum atomic E-state index is 13.6. The monoisotopic (exact) mass is 298 g/mol. The molecule has 2 atom stereocenters. The van der Waals surface area contributed by atoms with Gasteiger partial charge >= 0.3 is 6.03 Å². The quantitative estimate of drug-likeness (QED) is 0.826. The molecule has 0 aliphatic carbocycles. The number of rotatable bonds is 2. The lowest BCUT2D eigenvalue weighted by Crippen LogP contribution is -2.47. The maximum Gasteiger partial charge on any atom is 0.321 e. The lowest BCUT2D eigenvalue weighted by molar-refractivity contribution is 0.0464. The number of urea groups is 1. The van der Waals surface area contributed by atoms with Crippen LogP contribution >= 0.6 is 11.8 Å². The number of piperidine rings is 1. The summed E-state index contributed by atoms with van der Waals surface area (Å²) >= 11 is 1.32. The fourth-order valence-corrected chi connectivity index (χ4v) is 2.64. The SMILES string of the molecule is CSc1ccc(NC(=O)N2CCC(C)C(O)C2)cc1F. The van der Waals surface area contributed by atoms with Gasteiger partial charge in [-0.2, -0.15) is 0 Å². The Morgan fingerprint density at radius 1 is 1.55 bits per heavy atom. The summed E-state index contributed by atoms with van der Waals surface area (Å²) in [6.07, 6.45) is 2.08. The van der Waals surface area contributed by atoms with Gasteiger partial charge in [-0.25, -0.2) is 9.18 Å². The van der Waals surface area contributed by atoms with Crippen LogP contribution in [0.4, 0.5) is 14.9 Å². The number of halogens is 1. The summed E-state index contributed by atoms with van der Waals surface area (Å²) in [6, 6.07) is 4.33. The summed E-state index contributed by atoms with van der Waals surface area (Å²) in [6.45, 7) is 2.89.